The minimum atomic E-state index is 0.0868. The average Bonchev–Trinajstić information content (AvgIpc) is 2.51. The summed E-state index contributed by atoms with van der Waals surface area (Å²) in [4.78, 5) is 11.5. The number of carbonyl (C=O) groups is 1. The van der Waals surface area contributed by atoms with Gasteiger partial charge in [-0.25, -0.2) is 0 Å². The second-order valence-corrected chi connectivity index (χ2v) is 3.15. The Kier molecular flexibility index (Phi) is 3.07. The molecular weight excluding hydrogens is 164 g/mol. The zero-order chi connectivity index (χ0) is 9.84. The Balaban J connectivity index is 2.64. The van der Waals surface area contributed by atoms with Gasteiger partial charge in [0.2, 0.25) is 0 Å². The fourth-order valence-electron chi connectivity index (χ4n) is 1.04. The molecule has 2 nitrogen and oxygen atoms in total. The highest BCUT2D eigenvalue weighted by Gasteiger charge is 2.08. The summed E-state index contributed by atoms with van der Waals surface area (Å²) in [6.45, 7) is 7.62. The quantitative estimate of drug-likeness (QED) is 0.523. The summed E-state index contributed by atoms with van der Waals surface area (Å²) in [5.41, 5.74) is 1.61. The van der Waals surface area contributed by atoms with Crippen LogP contribution in [0.3, 0.4) is 0 Å². The first-order valence-corrected chi connectivity index (χ1v) is 4.38. The van der Waals surface area contributed by atoms with E-state index in [-0.39, 0.29) is 5.78 Å². The summed E-state index contributed by atoms with van der Waals surface area (Å²) in [5.74, 6) is 0.856. The lowest BCUT2D eigenvalue weighted by Crippen LogP contribution is -1.97. The summed E-state index contributed by atoms with van der Waals surface area (Å²) in [5, 5.41) is 0. The van der Waals surface area contributed by atoms with E-state index in [2.05, 4.69) is 6.58 Å². The SMILES string of the molecule is C=C(CC)CC(=O)c1coc(C)c1. The molecule has 1 aromatic rings. The molecule has 0 spiro atoms. The van der Waals surface area contributed by atoms with E-state index in [9.17, 15) is 4.79 Å². The van der Waals surface area contributed by atoms with Gasteiger partial charge in [0, 0.05) is 6.42 Å². The van der Waals surface area contributed by atoms with Gasteiger partial charge in [0.25, 0.3) is 0 Å². The van der Waals surface area contributed by atoms with E-state index in [0.29, 0.717) is 12.0 Å². The molecule has 0 aliphatic carbocycles. The molecule has 0 unspecified atom stereocenters. The van der Waals surface area contributed by atoms with Gasteiger partial charge in [-0.1, -0.05) is 19.1 Å². The summed E-state index contributed by atoms with van der Waals surface area (Å²) >= 11 is 0. The molecule has 1 aromatic heterocycles. The van der Waals surface area contributed by atoms with Crippen LogP contribution in [0.25, 0.3) is 0 Å². The van der Waals surface area contributed by atoms with Crippen LogP contribution in [0.15, 0.2) is 28.9 Å². The van der Waals surface area contributed by atoms with Gasteiger partial charge in [-0.3, -0.25) is 4.79 Å². The highest BCUT2D eigenvalue weighted by Crippen LogP contribution is 2.13. The number of ketones is 1. The van der Waals surface area contributed by atoms with Crippen LogP contribution in [0.4, 0.5) is 0 Å². The molecule has 13 heavy (non-hydrogen) atoms. The number of hydrogen-bond acceptors (Lipinski definition) is 2. The van der Waals surface area contributed by atoms with E-state index in [4.69, 9.17) is 4.42 Å². The zero-order valence-corrected chi connectivity index (χ0v) is 8.09. The number of Topliss-reactive ketones (excluding diaryl/α,β-unsaturated/α-hetero) is 1. The van der Waals surface area contributed by atoms with Gasteiger partial charge in [0.15, 0.2) is 5.78 Å². The molecule has 0 aromatic carbocycles. The van der Waals surface area contributed by atoms with Crippen molar-refractivity contribution < 1.29 is 9.21 Å². The Hall–Kier alpha value is -1.31. The van der Waals surface area contributed by atoms with Gasteiger partial charge in [0.05, 0.1) is 5.56 Å². The van der Waals surface area contributed by atoms with Crippen molar-refractivity contribution in [3.05, 3.63) is 35.8 Å². The van der Waals surface area contributed by atoms with E-state index >= 15 is 0 Å². The summed E-state index contributed by atoms with van der Waals surface area (Å²) in [6.07, 6.45) is 2.78. The smallest absolute Gasteiger partial charge is 0.170 e. The number of carbonyl (C=O) groups excluding carboxylic acids is 1. The average molecular weight is 178 g/mol. The lowest BCUT2D eigenvalue weighted by atomic mass is 10.1. The van der Waals surface area contributed by atoms with Crippen LogP contribution in [0, 0.1) is 6.92 Å². The Morgan fingerprint density at radius 1 is 1.62 bits per heavy atom. The molecule has 0 saturated carbocycles. The fraction of sp³-hybridized carbons (Fsp3) is 0.364. The molecule has 1 rings (SSSR count). The minimum Gasteiger partial charge on any atom is -0.469 e. The molecule has 70 valence electrons. The maximum atomic E-state index is 11.5. The Morgan fingerprint density at radius 2 is 2.31 bits per heavy atom. The summed E-state index contributed by atoms with van der Waals surface area (Å²) in [7, 11) is 0. The van der Waals surface area contributed by atoms with Crippen LogP contribution in [0.2, 0.25) is 0 Å². The van der Waals surface area contributed by atoms with Crippen molar-refractivity contribution in [1.82, 2.24) is 0 Å². The third-order valence-electron chi connectivity index (χ3n) is 1.96. The lowest BCUT2D eigenvalue weighted by Gasteiger charge is -1.98. The molecule has 2 heteroatoms. The number of rotatable bonds is 4. The van der Waals surface area contributed by atoms with Gasteiger partial charge < -0.3 is 4.42 Å². The highest BCUT2D eigenvalue weighted by atomic mass is 16.3. The van der Waals surface area contributed by atoms with Crippen molar-refractivity contribution in [3.8, 4) is 0 Å². The molecule has 0 bridgehead atoms. The minimum absolute atomic E-state index is 0.0868. The van der Waals surface area contributed by atoms with Gasteiger partial charge in [-0.05, 0) is 19.4 Å². The molecule has 0 N–H and O–H groups in total. The second kappa shape index (κ2) is 4.08. The first-order valence-electron chi connectivity index (χ1n) is 4.38. The monoisotopic (exact) mass is 178 g/mol. The van der Waals surface area contributed by atoms with Crippen LogP contribution in [0.1, 0.15) is 35.9 Å². The van der Waals surface area contributed by atoms with E-state index < -0.39 is 0 Å². The van der Waals surface area contributed by atoms with E-state index in [0.717, 1.165) is 17.8 Å². The molecule has 0 aliphatic heterocycles. The van der Waals surface area contributed by atoms with Crippen molar-refractivity contribution in [1.29, 1.82) is 0 Å². The largest absolute Gasteiger partial charge is 0.469 e. The Labute approximate surface area is 78.3 Å². The number of allylic oxidation sites excluding steroid dienone is 1. The van der Waals surface area contributed by atoms with Crippen molar-refractivity contribution in [2.45, 2.75) is 26.7 Å². The number of aryl methyl sites for hydroxylation is 1. The van der Waals surface area contributed by atoms with Crippen molar-refractivity contribution >= 4 is 5.78 Å². The molecule has 0 atom stereocenters. The van der Waals surface area contributed by atoms with Crippen molar-refractivity contribution in [3.63, 3.8) is 0 Å². The molecule has 0 radical (unpaired) electrons. The fourth-order valence-corrected chi connectivity index (χ4v) is 1.04. The van der Waals surface area contributed by atoms with E-state index in [1.54, 1.807) is 6.07 Å². The first-order chi connectivity index (χ1) is 6.13. The number of furan rings is 1. The Morgan fingerprint density at radius 3 is 2.77 bits per heavy atom. The van der Waals surface area contributed by atoms with E-state index in [1.165, 1.54) is 6.26 Å². The van der Waals surface area contributed by atoms with Gasteiger partial charge in [0.1, 0.15) is 12.0 Å². The van der Waals surface area contributed by atoms with Crippen LogP contribution in [-0.4, -0.2) is 5.78 Å². The van der Waals surface area contributed by atoms with Gasteiger partial charge in [-0.2, -0.15) is 0 Å². The van der Waals surface area contributed by atoms with Crippen LogP contribution in [0.5, 0.6) is 0 Å². The lowest BCUT2D eigenvalue weighted by molar-refractivity contribution is 0.0992. The van der Waals surface area contributed by atoms with Crippen LogP contribution in [-0.2, 0) is 0 Å². The maximum Gasteiger partial charge on any atom is 0.170 e. The predicted molar refractivity (Wildman–Crippen MR) is 51.8 cm³/mol. The summed E-state index contributed by atoms with van der Waals surface area (Å²) in [6, 6.07) is 1.76. The number of hydrogen-bond donors (Lipinski definition) is 0. The van der Waals surface area contributed by atoms with Crippen molar-refractivity contribution in [2.24, 2.45) is 0 Å². The third-order valence-corrected chi connectivity index (χ3v) is 1.96. The second-order valence-electron chi connectivity index (χ2n) is 3.15. The topological polar surface area (TPSA) is 30.2 Å². The highest BCUT2D eigenvalue weighted by molar-refractivity contribution is 5.97. The van der Waals surface area contributed by atoms with Crippen LogP contribution >= 0.6 is 0 Å². The maximum absolute atomic E-state index is 11.5. The van der Waals surface area contributed by atoms with E-state index in [1.807, 2.05) is 13.8 Å². The molecule has 0 aliphatic rings. The molecule has 0 fully saturated rings. The molecular formula is C11H14O2. The van der Waals surface area contributed by atoms with Crippen molar-refractivity contribution in [2.75, 3.05) is 0 Å². The normalized spacial score (nSPS) is 10.0. The third kappa shape index (κ3) is 2.58. The zero-order valence-electron chi connectivity index (χ0n) is 8.09. The Bertz CT molecular complexity index is 321. The van der Waals surface area contributed by atoms with Gasteiger partial charge in [-0.15, -0.1) is 0 Å². The molecule has 1 heterocycles. The molecule has 0 amide bonds. The first kappa shape index (κ1) is 9.78. The predicted octanol–water partition coefficient (Wildman–Crippen LogP) is 3.13. The van der Waals surface area contributed by atoms with Gasteiger partial charge >= 0.3 is 0 Å². The summed E-state index contributed by atoms with van der Waals surface area (Å²) < 4.78 is 5.05. The standard InChI is InChI=1S/C11H14O2/c1-4-8(2)5-11(12)10-6-9(3)13-7-10/h6-7H,2,4-5H2,1,3H3. The molecule has 0 saturated heterocycles. The van der Waals surface area contributed by atoms with Crippen LogP contribution < -0.4 is 0 Å².